The summed E-state index contributed by atoms with van der Waals surface area (Å²) in [7, 11) is 0. The Hall–Kier alpha value is -0.900. The van der Waals surface area contributed by atoms with E-state index >= 15 is 0 Å². The second-order valence-electron chi connectivity index (χ2n) is 6.08. The molecule has 0 unspecified atom stereocenters. The second kappa shape index (κ2) is 5.61. The van der Waals surface area contributed by atoms with Crippen molar-refractivity contribution in [2.45, 2.75) is 38.0 Å². The van der Waals surface area contributed by atoms with E-state index in [0.29, 0.717) is 12.1 Å². The molecule has 0 amide bonds. The molecule has 3 atom stereocenters. The summed E-state index contributed by atoms with van der Waals surface area (Å²) in [5.41, 5.74) is 1.42. The van der Waals surface area contributed by atoms with E-state index in [1.807, 2.05) is 0 Å². The molecule has 2 aliphatic heterocycles. The summed E-state index contributed by atoms with van der Waals surface area (Å²) in [6.07, 6.45) is 1.97. The molecule has 2 fully saturated rings. The number of hydrogen-bond donors (Lipinski definition) is 1. The van der Waals surface area contributed by atoms with Gasteiger partial charge in [-0.3, -0.25) is 9.80 Å². The lowest BCUT2D eigenvalue weighted by Gasteiger charge is -2.42. The molecular weight excluding hydrogens is 236 g/mol. The second-order valence-corrected chi connectivity index (χ2v) is 6.08. The van der Waals surface area contributed by atoms with Crippen LogP contribution in [0.15, 0.2) is 30.3 Å². The van der Waals surface area contributed by atoms with Crippen LogP contribution in [0.2, 0.25) is 0 Å². The minimum atomic E-state index is -0.105. The first-order chi connectivity index (χ1) is 9.22. The fourth-order valence-electron chi connectivity index (χ4n) is 3.51. The van der Waals surface area contributed by atoms with Crippen molar-refractivity contribution in [3.63, 3.8) is 0 Å². The first-order valence-electron chi connectivity index (χ1n) is 7.42. The van der Waals surface area contributed by atoms with Crippen LogP contribution in [0.3, 0.4) is 0 Å². The van der Waals surface area contributed by atoms with Gasteiger partial charge in [-0.05, 0) is 25.3 Å². The molecule has 1 N–H and O–H groups in total. The predicted octanol–water partition coefficient (Wildman–Crippen LogP) is 1.37. The van der Waals surface area contributed by atoms with Gasteiger partial charge in [0.25, 0.3) is 0 Å². The zero-order valence-corrected chi connectivity index (χ0v) is 11.7. The summed E-state index contributed by atoms with van der Waals surface area (Å²) in [5, 5.41) is 9.78. The zero-order chi connectivity index (χ0) is 13.2. The van der Waals surface area contributed by atoms with Crippen molar-refractivity contribution in [2.75, 3.05) is 26.2 Å². The van der Waals surface area contributed by atoms with Crippen LogP contribution in [0.25, 0.3) is 0 Å². The summed E-state index contributed by atoms with van der Waals surface area (Å²) in [5.74, 6) is 0. The third-order valence-corrected chi connectivity index (χ3v) is 4.60. The molecule has 3 nitrogen and oxygen atoms in total. The van der Waals surface area contributed by atoms with E-state index in [1.165, 1.54) is 5.56 Å². The lowest BCUT2D eigenvalue weighted by atomic mass is 10.1. The molecule has 1 aromatic rings. The molecule has 104 valence electrons. The molecule has 0 bridgehead atoms. The highest BCUT2D eigenvalue weighted by Gasteiger charge is 2.37. The van der Waals surface area contributed by atoms with Crippen LogP contribution in [0.1, 0.15) is 18.9 Å². The van der Waals surface area contributed by atoms with Crippen LogP contribution in [0.4, 0.5) is 0 Å². The number of aliphatic hydroxyl groups is 1. The monoisotopic (exact) mass is 260 g/mol. The molecule has 1 aromatic carbocycles. The Morgan fingerprint density at radius 1 is 1.16 bits per heavy atom. The predicted molar refractivity (Wildman–Crippen MR) is 77.2 cm³/mol. The quantitative estimate of drug-likeness (QED) is 0.889. The van der Waals surface area contributed by atoms with E-state index in [9.17, 15) is 5.11 Å². The highest BCUT2D eigenvalue weighted by molar-refractivity contribution is 5.15. The van der Waals surface area contributed by atoms with Crippen LogP contribution in [0.5, 0.6) is 0 Å². The van der Waals surface area contributed by atoms with E-state index in [2.05, 4.69) is 47.1 Å². The summed E-state index contributed by atoms with van der Waals surface area (Å²) in [6.45, 7) is 6.54. The maximum absolute atomic E-state index is 9.78. The molecule has 0 aliphatic carbocycles. The number of benzene rings is 1. The summed E-state index contributed by atoms with van der Waals surface area (Å²) in [4.78, 5) is 5.06. The fraction of sp³-hybridized carbons (Fsp3) is 0.625. The Bertz CT molecular complexity index is 408. The molecule has 3 rings (SSSR count). The van der Waals surface area contributed by atoms with Gasteiger partial charge in [-0.1, -0.05) is 30.3 Å². The smallest absolute Gasteiger partial charge is 0.0682 e. The minimum absolute atomic E-state index is 0.105. The van der Waals surface area contributed by atoms with Crippen LogP contribution in [-0.4, -0.2) is 59.3 Å². The lowest BCUT2D eigenvalue weighted by molar-refractivity contribution is 0.0591. The zero-order valence-electron chi connectivity index (χ0n) is 11.7. The number of hydrogen-bond acceptors (Lipinski definition) is 3. The molecule has 19 heavy (non-hydrogen) atoms. The van der Waals surface area contributed by atoms with Gasteiger partial charge in [0.2, 0.25) is 0 Å². The number of piperazine rings is 1. The SMILES string of the molecule is C[C@H]1CN2C[C@H](O)C[C@H]2CN1CCc1ccccc1. The number of nitrogens with zero attached hydrogens (tertiary/aromatic N) is 2. The summed E-state index contributed by atoms with van der Waals surface area (Å²) >= 11 is 0. The highest BCUT2D eigenvalue weighted by Crippen LogP contribution is 2.25. The normalized spacial score (nSPS) is 32.4. The first-order valence-corrected chi connectivity index (χ1v) is 7.42. The van der Waals surface area contributed by atoms with Crippen LogP contribution >= 0.6 is 0 Å². The third kappa shape index (κ3) is 2.99. The van der Waals surface area contributed by atoms with Crippen molar-refractivity contribution in [2.24, 2.45) is 0 Å². The van der Waals surface area contributed by atoms with E-state index in [-0.39, 0.29) is 6.10 Å². The number of rotatable bonds is 3. The largest absolute Gasteiger partial charge is 0.392 e. The molecule has 0 radical (unpaired) electrons. The standard InChI is InChI=1S/C16H24N2O/c1-13-10-18-12-16(19)9-15(18)11-17(13)8-7-14-5-3-2-4-6-14/h2-6,13,15-16,19H,7-12H2,1H3/t13-,15-,16+/m0/s1. The molecule has 0 spiro atoms. The highest BCUT2D eigenvalue weighted by atomic mass is 16.3. The van der Waals surface area contributed by atoms with Crippen molar-refractivity contribution >= 4 is 0 Å². The Morgan fingerprint density at radius 2 is 1.95 bits per heavy atom. The van der Waals surface area contributed by atoms with Gasteiger partial charge in [-0.15, -0.1) is 0 Å². The summed E-state index contributed by atoms with van der Waals surface area (Å²) < 4.78 is 0. The molecule has 3 heteroatoms. The van der Waals surface area contributed by atoms with E-state index < -0.39 is 0 Å². The van der Waals surface area contributed by atoms with Crippen molar-refractivity contribution in [3.05, 3.63) is 35.9 Å². The topological polar surface area (TPSA) is 26.7 Å². The van der Waals surface area contributed by atoms with Gasteiger partial charge in [0.15, 0.2) is 0 Å². The van der Waals surface area contributed by atoms with Gasteiger partial charge < -0.3 is 5.11 Å². The third-order valence-electron chi connectivity index (χ3n) is 4.60. The maximum Gasteiger partial charge on any atom is 0.0682 e. The van der Waals surface area contributed by atoms with Gasteiger partial charge in [-0.25, -0.2) is 0 Å². The van der Waals surface area contributed by atoms with Crippen LogP contribution in [-0.2, 0) is 6.42 Å². The van der Waals surface area contributed by atoms with Gasteiger partial charge in [0, 0.05) is 38.3 Å². The van der Waals surface area contributed by atoms with Gasteiger partial charge in [-0.2, -0.15) is 0 Å². The molecule has 2 saturated heterocycles. The molecule has 2 heterocycles. The molecular formula is C16H24N2O. The van der Waals surface area contributed by atoms with Crippen LogP contribution < -0.4 is 0 Å². The van der Waals surface area contributed by atoms with E-state index in [4.69, 9.17) is 0 Å². The van der Waals surface area contributed by atoms with E-state index in [0.717, 1.165) is 39.0 Å². The average Bonchev–Trinajstić information content (AvgIpc) is 2.76. The van der Waals surface area contributed by atoms with Crippen molar-refractivity contribution < 1.29 is 5.11 Å². The Morgan fingerprint density at radius 3 is 2.74 bits per heavy atom. The Kier molecular flexibility index (Phi) is 3.87. The van der Waals surface area contributed by atoms with Crippen molar-refractivity contribution in [1.29, 1.82) is 0 Å². The summed E-state index contributed by atoms with van der Waals surface area (Å²) in [6, 6.07) is 11.9. The number of aliphatic hydroxyl groups excluding tert-OH is 1. The molecule has 0 saturated carbocycles. The average molecular weight is 260 g/mol. The first kappa shape index (κ1) is 13.1. The lowest BCUT2D eigenvalue weighted by Crippen LogP contribution is -2.55. The Labute approximate surface area is 115 Å². The fourth-order valence-corrected chi connectivity index (χ4v) is 3.51. The molecule has 0 aromatic heterocycles. The van der Waals surface area contributed by atoms with Crippen molar-refractivity contribution in [1.82, 2.24) is 9.80 Å². The van der Waals surface area contributed by atoms with Gasteiger partial charge in [0.05, 0.1) is 6.10 Å². The van der Waals surface area contributed by atoms with Crippen LogP contribution in [0, 0.1) is 0 Å². The maximum atomic E-state index is 9.78. The van der Waals surface area contributed by atoms with Gasteiger partial charge >= 0.3 is 0 Å². The molecule has 2 aliphatic rings. The van der Waals surface area contributed by atoms with Gasteiger partial charge in [0.1, 0.15) is 0 Å². The van der Waals surface area contributed by atoms with E-state index in [1.54, 1.807) is 0 Å². The Balaban J connectivity index is 1.56. The number of fused-ring (bicyclic) bond motifs is 1. The minimum Gasteiger partial charge on any atom is -0.392 e. The van der Waals surface area contributed by atoms with Crippen molar-refractivity contribution in [3.8, 4) is 0 Å².